The van der Waals surface area contributed by atoms with Gasteiger partial charge in [0.05, 0.1) is 12.4 Å². The average Bonchev–Trinajstić information content (AvgIpc) is 3.41. The van der Waals surface area contributed by atoms with Crippen molar-refractivity contribution in [3.05, 3.63) is 18.2 Å². The quantitative estimate of drug-likeness (QED) is 0.830. The van der Waals surface area contributed by atoms with Gasteiger partial charge in [-0.3, -0.25) is 9.69 Å². The summed E-state index contributed by atoms with van der Waals surface area (Å²) >= 11 is 0. The fourth-order valence-electron chi connectivity index (χ4n) is 3.97. The number of rotatable bonds is 3. The summed E-state index contributed by atoms with van der Waals surface area (Å²) in [5, 5.41) is 0. The summed E-state index contributed by atoms with van der Waals surface area (Å²) in [7, 11) is 2.07. The van der Waals surface area contributed by atoms with Crippen LogP contribution in [0.15, 0.2) is 12.4 Å². The molecule has 1 aromatic heterocycles. The molecular formula is C17H24FN5O. The van der Waals surface area contributed by atoms with E-state index in [1.807, 2.05) is 4.90 Å². The molecule has 1 spiro atoms. The minimum atomic E-state index is -0.426. The van der Waals surface area contributed by atoms with Crippen molar-refractivity contribution < 1.29 is 9.18 Å². The van der Waals surface area contributed by atoms with Crippen LogP contribution in [0, 0.1) is 11.7 Å². The van der Waals surface area contributed by atoms with Gasteiger partial charge in [0.1, 0.15) is 5.54 Å². The van der Waals surface area contributed by atoms with Gasteiger partial charge >= 0.3 is 0 Å². The predicted octanol–water partition coefficient (Wildman–Crippen LogP) is 1.14. The van der Waals surface area contributed by atoms with Gasteiger partial charge in [0.2, 0.25) is 11.9 Å². The van der Waals surface area contributed by atoms with E-state index in [1.54, 1.807) is 0 Å². The summed E-state index contributed by atoms with van der Waals surface area (Å²) in [6, 6.07) is 0. The molecule has 0 N–H and O–H groups in total. The highest BCUT2D eigenvalue weighted by Crippen LogP contribution is 2.36. The van der Waals surface area contributed by atoms with Gasteiger partial charge in [-0.05, 0) is 38.6 Å². The van der Waals surface area contributed by atoms with Crippen LogP contribution >= 0.6 is 0 Å². The molecule has 1 aromatic rings. The predicted molar refractivity (Wildman–Crippen MR) is 88.1 cm³/mol. The van der Waals surface area contributed by atoms with E-state index in [0.717, 1.165) is 51.5 Å². The molecule has 1 aliphatic carbocycles. The van der Waals surface area contributed by atoms with Crippen LogP contribution in [0.25, 0.3) is 0 Å². The van der Waals surface area contributed by atoms with Gasteiger partial charge in [0.15, 0.2) is 5.82 Å². The molecular weight excluding hydrogens is 309 g/mol. The Morgan fingerprint density at radius 2 is 1.83 bits per heavy atom. The zero-order chi connectivity index (χ0) is 16.7. The van der Waals surface area contributed by atoms with Crippen LogP contribution in [-0.4, -0.2) is 71.0 Å². The Morgan fingerprint density at radius 3 is 2.46 bits per heavy atom. The number of carbonyl (C=O) groups excluding carboxylic acids is 1. The van der Waals surface area contributed by atoms with E-state index in [-0.39, 0.29) is 5.54 Å². The molecule has 1 amide bonds. The largest absolute Gasteiger partial charge is 0.341 e. The van der Waals surface area contributed by atoms with Crippen molar-refractivity contribution in [2.75, 3.05) is 44.7 Å². The summed E-state index contributed by atoms with van der Waals surface area (Å²) in [4.78, 5) is 27.7. The molecule has 3 aliphatic rings. The number of halogens is 1. The van der Waals surface area contributed by atoms with Crippen molar-refractivity contribution in [1.29, 1.82) is 0 Å². The number of piperidine rings is 1. The molecule has 0 bridgehead atoms. The minimum absolute atomic E-state index is 0.294. The lowest BCUT2D eigenvalue weighted by Gasteiger charge is -2.51. The van der Waals surface area contributed by atoms with Crippen molar-refractivity contribution in [2.45, 2.75) is 31.2 Å². The first-order chi connectivity index (χ1) is 11.6. The number of likely N-dealkylation sites (N-methyl/N-ethyl adjacent to an activating group) is 1. The fraction of sp³-hybridized carbons (Fsp3) is 0.706. The van der Waals surface area contributed by atoms with Crippen LogP contribution in [0.2, 0.25) is 0 Å². The second-order valence-electron chi connectivity index (χ2n) is 7.34. The van der Waals surface area contributed by atoms with Gasteiger partial charge < -0.3 is 9.80 Å². The van der Waals surface area contributed by atoms with Gasteiger partial charge in [0, 0.05) is 32.7 Å². The highest BCUT2D eigenvalue weighted by molar-refractivity contribution is 5.87. The lowest BCUT2D eigenvalue weighted by atomic mass is 9.82. The second-order valence-corrected chi connectivity index (χ2v) is 7.34. The van der Waals surface area contributed by atoms with E-state index in [2.05, 4.69) is 26.8 Å². The van der Waals surface area contributed by atoms with E-state index >= 15 is 0 Å². The van der Waals surface area contributed by atoms with Gasteiger partial charge in [-0.2, -0.15) is 0 Å². The SMILES string of the molecule is CN1CCN(CC2CC2)C(=O)C12CCN(c1ncc(F)cn1)CC2. The Labute approximate surface area is 141 Å². The Kier molecular flexibility index (Phi) is 3.90. The highest BCUT2D eigenvalue weighted by atomic mass is 19.1. The Morgan fingerprint density at radius 1 is 1.17 bits per heavy atom. The topological polar surface area (TPSA) is 52.6 Å². The number of aromatic nitrogens is 2. The molecule has 2 aliphatic heterocycles. The zero-order valence-corrected chi connectivity index (χ0v) is 14.1. The number of hydrogen-bond acceptors (Lipinski definition) is 5. The number of carbonyl (C=O) groups is 1. The zero-order valence-electron chi connectivity index (χ0n) is 14.1. The third kappa shape index (κ3) is 2.75. The van der Waals surface area contributed by atoms with Gasteiger partial charge in [-0.15, -0.1) is 0 Å². The first-order valence-electron chi connectivity index (χ1n) is 8.82. The number of anilines is 1. The average molecular weight is 333 g/mol. The number of piperazine rings is 1. The molecule has 130 valence electrons. The van der Waals surface area contributed by atoms with Gasteiger partial charge in [-0.25, -0.2) is 14.4 Å². The van der Waals surface area contributed by atoms with Crippen LogP contribution in [0.5, 0.6) is 0 Å². The lowest BCUT2D eigenvalue weighted by Crippen LogP contribution is -2.68. The third-order valence-electron chi connectivity index (χ3n) is 5.78. The highest BCUT2D eigenvalue weighted by Gasteiger charge is 2.50. The summed E-state index contributed by atoms with van der Waals surface area (Å²) in [6.45, 7) is 4.15. The van der Waals surface area contributed by atoms with Gasteiger partial charge in [-0.1, -0.05) is 0 Å². The van der Waals surface area contributed by atoms with E-state index in [9.17, 15) is 9.18 Å². The summed E-state index contributed by atoms with van der Waals surface area (Å²) in [5.41, 5.74) is -0.385. The van der Waals surface area contributed by atoms with Crippen molar-refractivity contribution in [2.24, 2.45) is 5.92 Å². The molecule has 3 heterocycles. The van der Waals surface area contributed by atoms with Gasteiger partial charge in [0.25, 0.3) is 0 Å². The molecule has 6 nitrogen and oxygen atoms in total. The normalized spacial score (nSPS) is 24.7. The molecule has 24 heavy (non-hydrogen) atoms. The summed E-state index contributed by atoms with van der Waals surface area (Å²) < 4.78 is 13.0. The Bertz CT molecular complexity index is 610. The van der Waals surface area contributed by atoms with Crippen LogP contribution in [0.3, 0.4) is 0 Å². The first kappa shape index (κ1) is 15.7. The number of hydrogen-bond donors (Lipinski definition) is 0. The maximum atomic E-state index is 13.1. The first-order valence-corrected chi connectivity index (χ1v) is 8.82. The molecule has 0 atom stereocenters. The molecule has 7 heteroatoms. The number of nitrogens with zero attached hydrogens (tertiary/aromatic N) is 5. The second kappa shape index (κ2) is 5.95. The maximum absolute atomic E-state index is 13.1. The molecule has 2 saturated heterocycles. The molecule has 4 rings (SSSR count). The molecule has 1 saturated carbocycles. The van der Waals surface area contributed by atoms with Crippen LogP contribution in [0.1, 0.15) is 25.7 Å². The molecule has 0 aromatic carbocycles. The molecule has 0 radical (unpaired) electrons. The van der Waals surface area contributed by atoms with Crippen molar-refractivity contribution in [1.82, 2.24) is 19.8 Å². The standard InChI is InChI=1S/C17H24FN5O/c1-21-8-9-23(12-13-2-3-13)15(24)17(21)4-6-22(7-5-17)16-19-10-14(18)11-20-16/h10-11,13H,2-9,12H2,1H3. The van der Waals surface area contributed by atoms with Crippen molar-refractivity contribution in [3.8, 4) is 0 Å². The monoisotopic (exact) mass is 333 g/mol. The summed E-state index contributed by atoms with van der Waals surface area (Å²) in [5.74, 6) is 1.14. The Hall–Kier alpha value is -1.76. The molecule has 0 unspecified atom stereocenters. The van der Waals surface area contributed by atoms with E-state index in [1.165, 1.54) is 25.2 Å². The summed E-state index contributed by atoms with van der Waals surface area (Å²) in [6.07, 6.45) is 6.46. The third-order valence-corrected chi connectivity index (χ3v) is 5.78. The van der Waals surface area contributed by atoms with E-state index in [0.29, 0.717) is 11.9 Å². The smallest absolute Gasteiger partial charge is 0.243 e. The fourth-order valence-corrected chi connectivity index (χ4v) is 3.97. The van der Waals surface area contributed by atoms with Crippen LogP contribution in [0.4, 0.5) is 10.3 Å². The minimum Gasteiger partial charge on any atom is -0.341 e. The van der Waals surface area contributed by atoms with Crippen LogP contribution in [-0.2, 0) is 4.79 Å². The van der Waals surface area contributed by atoms with Crippen LogP contribution < -0.4 is 4.90 Å². The number of amides is 1. The van der Waals surface area contributed by atoms with E-state index in [4.69, 9.17) is 0 Å². The Balaban J connectivity index is 1.47. The van der Waals surface area contributed by atoms with E-state index < -0.39 is 5.82 Å². The molecule has 3 fully saturated rings. The maximum Gasteiger partial charge on any atom is 0.243 e. The van der Waals surface area contributed by atoms with Crippen molar-refractivity contribution >= 4 is 11.9 Å². The van der Waals surface area contributed by atoms with Crippen molar-refractivity contribution in [3.63, 3.8) is 0 Å². The lowest BCUT2D eigenvalue weighted by molar-refractivity contribution is -0.152.